The molecule has 0 bridgehead atoms. The van der Waals surface area contributed by atoms with Crippen LogP contribution in [-0.2, 0) is 6.42 Å². The number of ether oxygens (including phenoxy) is 1. The van der Waals surface area contributed by atoms with Gasteiger partial charge in [-0.15, -0.1) is 10.2 Å². The highest BCUT2D eigenvalue weighted by atomic mass is 16.5. The molecule has 0 aliphatic heterocycles. The molecule has 0 saturated carbocycles. The van der Waals surface area contributed by atoms with Gasteiger partial charge >= 0.3 is 0 Å². The van der Waals surface area contributed by atoms with Crippen LogP contribution in [0.25, 0.3) is 11.5 Å². The van der Waals surface area contributed by atoms with Crippen molar-refractivity contribution in [3.05, 3.63) is 18.0 Å². The number of nitrogens with zero attached hydrogens (tertiary/aromatic N) is 4. The predicted octanol–water partition coefficient (Wildman–Crippen LogP) is 1.24. The van der Waals surface area contributed by atoms with Crippen molar-refractivity contribution in [2.75, 3.05) is 7.11 Å². The summed E-state index contributed by atoms with van der Waals surface area (Å²) in [6, 6.07) is 3.37. The lowest BCUT2D eigenvalue weighted by Crippen LogP contribution is -2.09. The molecule has 1 N–H and O–H groups in total. The molecule has 0 aliphatic rings. The fourth-order valence-electron chi connectivity index (χ4n) is 1.63. The third-order valence-electron chi connectivity index (χ3n) is 2.58. The Morgan fingerprint density at radius 2 is 2.21 bits per heavy atom. The summed E-state index contributed by atoms with van der Waals surface area (Å²) in [6.07, 6.45) is 1.51. The second-order valence-corrected chi connectivity index (χ2v) is 4.12. The monoisotopic (exact) mass is 264 g/mol. The second-order valence-electron chi connectivity index (χ2n) is 4.12. The summed E-state index contributed by atoms with van der Waals surface area (Å²) >= 11 is 0. The van der Waals surface area contributed by atoms with E-state index in [-0.39, 0.29) is 0 Å². The Hall–Kier alpha value is -2.02. The van der Waals surface area contributed by atoms with Crippen LogP contribution in [0.4, 0.5) is 0 Å². The number of aromatic nitrogens is 4. The maximum Gasteiger partial charge on any atom is 0.233 e. The van der Waals surface area contributed by atoms with E-state index in [2.05, 4.69) is 20.3 Å². The van der Waals surface area contributed by atoms with E-state index in [1.54, 1.807) is 12.1 Å². The molecular weight excluding hydrogens is 248 g/mol. The number of rotatable bonds is 6. The summed E-state index contributed by atoms with van der Waals surface area (Å²) in [5.74, 6) is 1.17. The SMILES string of the molecule is CCCC(O)Cc1nc(-c2ccc(OC)nn2)no1. The van der Waals surface area contributed by atoms with Crippen molar-refractivity contribution in [1.82, 2.24) is 20.3 Å². The average molecular weight is 264 g/mol. The van der Waals surface area contributed by atoms with Crippen molar-refractivity contribution in [2.24, 2.45) is 0 Å². The van der Waals surface area contributed by atoms with Gasteiger partial charge < -0.3 is 14.4 Å². The third-order valence-corrected chi connectivity index (χ3v) is 2.58. The molecule has 0 spiro atoms. The van der Waals surface area contributed by atoms with Crippen LogP contribution in [0.1, 0.15) is 25.7 Å². The minimum Gasteiger partial charge on any atom is -0.480 e. The van der Waals surface area contributed by atoms with E-state index in [0.29, 0.717) is 36.1 Å². The van der Waals surface area contributed by atoms with E-state index in [1.165, 1.54) is 7.11 Å². The summed E-state index contributed by atoms with van der Waals surface area (Å²) in [5.41, 5.74) is 0.501. The van der Waals surface area contributed by atoms with Gasteiger partial charge in [-0.2, -0.15) is 4.98 Å². The molecule has 0 fully saturated rings. The summed E-state index contributed by atoms with van der Waals surface area (Å²) in [5, 5.41) is 21.2. The number of aliphatic hydroxyl groups excluding tert-OH is 1. The van der Waals surface area contributed by atoms with Crippen molar-refractivity contribution >= 4 is 0 Å². The minimum atomic E-state index is -0.458. The van der Waals surface area contributed by atoms with Crippen LogP contribution in [0.3, 0.4) is 0 Å². The Morgan fingerprint density at radius 3 is 2.84 bits per heavy atom. The Morgan fingerprint density at radius 1 is 1.37 bits per heavy atom. The van der Waals surface area contributed by atoms with Crippen LogP contribution in [-0.4, -0.2) is 38.7 Å². The topological polar surface area (TPSA) is 94.2 Å². The third kappa shape index (κ3) is 3.47. The zero-order chi connectivity index (χ0) is 13.7. The smallest absolute Gasteiger partial charge is 0.233 e. The summed E-state index contributed by atoms with van der Waals surface area (Å²) in [7, 11) is 1.52. The number of methoxy groups -OCH3 is 1. The van der Waals surface area contributed by atoms with Crippen molar-refractivity contribution in [3.8, 4) is 17.4 Å². The quantitative estimate of drug-likeness (QED) is 0.838. The van der Waals surface area contributed by atoms with Gasteiger partial charge in [0.2, 0.25) is 17.6 Å². The normalized spacial score (nSPS) is 12.4. The first-order chi connectivity index (χ1) is 9.22. The zero-order valence-electron chi connectivity index (χ0n) is 10.9. The van der Waals surface area contributed by atoms with E-state index in [4.69, 9.17) is 9.26 Å². The lowest BCUT2D eigenvalue weighted by Gasteiger charge is -2.03. The second kappa shape index (κ2) is 6.24. The summed E-state index contributed by atoms with van der Waals surface area (Å²) in [6.45, 7) is 2.01. The number of aliphatic hydroxyl groups is 1. The molecule has 2 heterocycles. The van der Waals surface area contributed by atoms with Gasteiger partial charge in [-0.3, -0.25) is 0 Å². The minimum absolute atomic E-state index is 0.352. The molecule has 0 radical (unpaired) electrons. The molecule has 2 aromatic rings. The Bertz CT molecular complexity index is 512. The zero-order valence-corrected chi connectivity index (χ0v) is 10.9. The fraction of sp³-hybridized carbons (Fsp3) is 0.500. The first-order valence-corrected chi connectivity index (χ1v) is 6.11. The highest BCUT2D eigenvalue weighted by Gasteiger charge is 2.13. The van der Waals surface area contributed by atoms with Crippen LogP contribution < -0.4 is 4.74 Å². The Kier molecular flexibility index (Phi) is 4.40. The maximum atomic E-state index is 9.68. The molecule has 0 aliphatic carbocycles. The van der Waals surface area contributed by atoms with Crippen molar-refractivity contribution in [3.63, 3.8) is 0 Å². The first kappa shape index (κ1) is 13.4. The highest BCUT2D eigenvalue weighted by Crippen LogP contribution is 2.15. The van der Waals surface area contributed by atoms with Gasteiger partial charge in [0, 0.05) is 6.07 Å². The van der Waals surface area contributed by atoms with Gasteiger partial charge in [-0.1, -0.05) is 18.5 Å². The van der Waals surface area contributed by atoms with Gasteiger partial charge in [0.15, 0.2) is 0 Å². The molecule has 1 atom stereocenters. The molecule has 0 saturated heterocycles. The number of hydrogen-bond acceptors (Lipinski definition) is 7. The highest BCUT2D eigenvalue weighted by molar-refractivity contribution is 5.47. The molecule has 1 unspecified atom stereocenters. The van der Waals surface area contributed by atoms with Crippen LogP contribution in [0, 0.1) is 0 Å². The predicted molar refractivity (Wildman–Crippen MR) is 66.5 cm³/mol. The Labute approximate surface area is 110 Å². The molecular formula is C12H16N4O3. The lowest BCUT2D eigenvalue weighted by atomic mass is 10.1. The largest absolute Gasteiger partial charge is 0.480 e. The van der Waals surface area contributed by atoms with Gasteiger partial charge in [-0.25, -0.2) is 0 Å². The molecule has 102 valence electrons. The van der Waals surface area contributed by atoms with Crippen LogP contribution in [0.2, 0.25) is 0 Å². The van der Waals surface area contributed by atoms with Crippen molar-refractivity contribution < 1.29 is 14.4 Å². The number of hydrogen-bond donors (Lipinski definition) is 1. The lowest BCUT2D eigenvalue weighted by molar-refractivity contribution is 0.152. The molecule has 0 amide bonds. The molecule has 2 aromatic heterocycles. The molecule has 2 rings (SSSR count). The van der Waals surface area contributed by atoms with Gasteiger partial charge in [-0.05, 0) is 12.5 Å². The Balaban J connectivity index is 2.07. The van der Waals surface area contributed by atoms with Crippen molar-refractivity contribution in [1.29, 1.82) is 0 Å². The molecule has 19 heavy (non-hydrogen) atoms. The van der Waals surface area contributed by atoms with Gasteiger partial charge in [0.25, 0.3) is 0 Å². The average Bonchev–Trinajstić information content (AvgIpc) is 2.87. The van der Waals surface area contributed by atoms with Crippen LogP contribution in [0.5, 0.6) is 5.88 Å². The van der Waals surface area contributed by atoms with Gasteiger partial charge in [0.05, 0.1) is 19.6 Å². The van der Waals surface area contributed by atoms with E-state index in [0.717, 1.165) is 6.42 Å². The van der Waals surface area contributed by atoms with Gasteiger partial charge in [0.1, 0.15) is 5.69 Å². The fourth-order valence-corrected chi connectivity index (χ4v) is 1.63. The first-order valence-electron chi connectivity index (χ1n) is 6.11. The van der Waals surface area contributed by atoms with E-state index in [1.807, 2.05) is 6.92 Å². The van der Waals surface area contributed by atoms with Crippen LogP contribution >= 0.6 is 0 Å². The summed E-state index contributed by atoms with van der Waals surface area (Å²) < 4.78 is 9.99. The van der Waals surface area contributed by atoms with E-state index in [9.17, 15) is 5.11 Å². The molecule has 7 heteroatoms. The van der Waals surface area contributed by atoms with E-state index >= 15 is 0 Å². The van der Waals surface area contributed by atoms with E-state index < -0.39 is 6.10 Å². The van der Waals surface area contributed by atoms with Crippen LogP contribution in [0.15, 0.2) is 16.7 Å². The van der Waals surface area contributed by atoms with Crippen molar-refractivity contribution in [2.45, 2.75) is 32.3 Å². The summed E-state index contributed by atoms with van der Waals surface area (Å²) in [4.78, 5) is 4.18. The molecule has 0 aromatic carbocycles. The standard InChI is InChI=1S/C12H16N4O3/c1-3-4-8(17)7-11-13-12(16-19-11)9-5-6-10(18-2)15-14-9/h5-6,8,17H,3-4,7H2,1-2H3. The molecule has 7 nitrogen and oxygen atoms in total. The maximum absolute atomic E-state index is 9.68.